The predicted molar refractivity (Wildman–Crippen MR) is 134 cm³/mol. The molecule has 192 valence electrons. The Hall–Kier alpha value is -1.85. The second-order valence-corrected chi connectivity index (χ2v) is 11.7. The molecule has 6 heteroatoms. The molecule has 34 heavy (non-hydrogen) atoms. The molecule has 1 heterocycles. The van der Waals surface area contributed by atoms with E-state index in [0.29, 0.717) is 56.4 Å². The molecule has 0 N–H and O–H groups in total. The summed E-state index contributed by atoms with van der Waals surface area (Å²) in [6.07, 6.45) is 8.31. The lowest BCUT2D eigenvalue weighted by molar-refractivity contribution is -0.160. The number of rotatable bonds is 7. The van der Waals surface area contributed by atoms with E-state index in [1.54, 1.807) is 6.92 Å². The number of piperazine rings is 1. The number of fused-ring (bicyclic) bond motifs is 1. The average molecular weight is 475 g/mol. The van der Waals surface area contributed by atoms with E-state index in [2.05, 4.69) is 27.4 Å². The Kier molecular flexibility index (Phi) is 8.51. The third-order valence-electron chi connectivity index (χ3n) is 9.38. The van der Waals surface area contributed by atoms with Gasteiger partial charge >= 0.3 is 5.97 Å². The van der Waals surface area contributed by atoms with E-state index in [1.165, 1.54) is 12.5 Å². The minimum absolute atomic E-state index is 0.0921. The van der Waals surface area contributed by atoms with Gasteiger partial charge in [-0.1, -0.05) is 39.3 Å². The minimum Gasteiger partial charge on any atom is -0.466 e. The highest BCUT2D eigenvalue weighted by molar-refractivity contribution is 5.83. The Morgan fingerprint density at radius 2 is 1.71 bits per heavy atom. The molecule has 0 spiro atoms. The van der Waals surface area contributed by atoms with Crippen molar-refractivity contribution < 1.29 is 19.1 Å². The molecular weight excluding hydrogens is 428 g/mol. The number of carbonyl (C=O) groups is 3. The van der Waals surface area contributed by atoms with Crippen LogP contribution in [0.25, 0.3) is 0 Å². The Balaban J connectivity index is 1.69. The first-order valence-corrected chi connectivity index (χ1v) is 13.3. The van der Waals surface area contributed by atoms with Crippen molar-refractivity contribution in [3.05, 3.63) is 12.2 Å². The van der Waals surface area contributed by atoms with Crippen molar-refractivity contribution in [1.82, 2.24) is 9.80 Å². The van der Waals surface area contributed by atoms with Gasteiger partial charge in [-0.25, -0.2) is 0 Å². The molecule has 0 unspecified atom stereocenters. The summed E-state index contributed by atoms with van der Waals surface area (Å²) in [6.45, 7) is 17.5. The van der Waals surface area contributed by atoms with Crippen molar-refractivity contribution >= 4 is 17.8 Å². The van der Waals surface area contributed by atoms with Crippen LogP contribution in [0.15, 0.2) is 12.2 Å². The molecule has 0 radical (unpaired) electrons. The molecule has 3 aliphatic rings. The van der Waals surface area contributed by atoms with Gasteiger partial charge in [-0.15, -0.1) is 0 Å². The zero-order valence-electron chi connectivity index (χ0n) is 22.2. The topological polar surface area (TPSA) is 66.9 Å². The second-order valence-electron chi connectivity index (χ2n) is 11.7. The Morgan fingerprint density at radius 3 is 2.32 bits per heavy atom. The van der Waals surface area contributed by atoms with Crippen molar-refractivity contribution in [1.29, 1.82) is 0 Å². The first-order chi connectivity index (χ1) is 16.0. The van der Waals surface area contributed by atoms with Crippen molar-refractivity contribution in [2.45, 2.75) is 86.0 Å². The number of carbonyl (C=O) groups excluding carboxylic acids is 3. The first-order valence-electron chi connectivity index (χ1n) is 13.3. The molecule has 0 aromatic carbocycles. The molecule has 5 atom stereocenters. The van der Waals surface area contributed by atoms with Crippen LogP contribution in [-0.4, -0.2) is 60.4 Å². The van der Waals surface area contributed by atoms with Crippen LogP contribution in [0.4, 0.5) is 0 Å². The molecular formula is C28H46N2O4. The van der Waals surface area contributed by atoms with Crippen LogP contribution in [0.2, 0.25) is 0 Å². The van der Waals surface area contributed by atoms with Crippen LogP contribution in [-0.2, 0) is 19.1 Å². The summed E-state index contributed by atoms with van der Waals surface area (Å²) >= 11 is 0. The van der Waals surface area contributed by atoms with Gasteiger partial charge in [0.15, 0.2) is 0 Å². The zero-order chi connectivity index (χ0) is 25.1. The lowest BCUT2D eigenvalue weighted by Crippen LogP contribution is -2.59. The second kappa shape index (κ2) is 10.8. The van der Waals surface area contributed by atoms with Crippen LogP contribution in [0.1, 0.15) is 86.0 Å². The molecule has 3 rings (SSSR count). The van der Waals surface area contributed by atoms with Gasteiger partial charge in [-0.05, 0) is 68.1 Å². The van der Waals surface area contributed by atoms with Crippen molar-refractivity contribution in [3.8, 4) is 0 Å². The third-order valence-corrected chi connectivity index (χ3v) is 9.38. The van der Waals surface area contributed by atoms with Crippen LogP contribution in [0.3, 0.4) is 0 Å². The number of hydrogen-bond acceptors (Lipinski definition) is 4. The molecule has 0 aromatic heterocycles. The summed E-state index contributed by atoms with van der Waals surface area (Å²) in [6, 6.07) is 0. The van der Waals surface area contributed by atoms with Gasteiger partial charge in [0.25, 0.3) is 0 Å². The highest BCUT2D eigenvalue weighted by Crippen LogP contribution is 2.62. The number of esters is 1. The van der Waals surface area contributed by atoms with Crippen molar-refractivity contribution in [2.75, 3.05) is 32.8 Å². The van der Waals surface area contributed by atoms with E-state index >= 15 is 0 Å². The van der Waals surface area contributed by atoms with E-state index in [0.717, 1.165) is 51.4 Å². The number of hydrogen-bond donors (Lipinski definition) is 0. The van der Waals surface area contributed by atoms with Crippen LogP contribution < -0.4 is 0 Å². The van der Waals surface area contributed by atoms with Crippen LogP contribution in [0.5, 0.6) is 0 Å². The molecule has 2 aliphatic carbocycles. The molecule has 2 saturated carbocycles. The van der Waals surface area contributed by atoms with E-state index in [1.807, 2.05) is 9.80 Å². The lowest BCUT2D eigenvalue weighted by Gasteiger charge is -2.59. The smallest absolute Gasteiger partial charge is 0.302 e. The maximum atomic E-state index is 13.9. The molecule has 6 nitrogen and oxygen atoms in total. The molecule has 1 saturated heterocycles. The Morgan fingerprint density at radius 1 is 1.06 bits per heavy atom. The van der Waals surface area contributed by atoms with Crippen LogP contribution >= 0.6 is 0 Å². The Labute approximate surface area is 206 Å². The largest absolute Gasteiger partial charge is 0.466 e. The summed E-state index contributed by atoms with van der Waals surface area (Å²) in [4.78, 5) is 40.6. The van der Waals surface area contributed by atoms with Gasteiger partial charge < -0.3 is 14.5 Å². The van der Waals surface area contributed by atoms with Gasteiger partial charge in [0, 0.05) is 45.4 Å². The Bertz CT molecular complexity index is 787. The predicted octanol–water partition coefficient (Wildman–Crippen LogP) is 4.83. The average Bonchev–Trinajstić information content (AvgIpc) is 2.77. The zero-order valence-corrected chi connectivity index (χ0v) is 22.2. The normalized spacial score (nSPS) is 32.7. The standard InChI is InChI=1S/C28H46N2O4/c1-20(12-19-34-23(4)32)8-10-24-21(2)9-11-25-27(24,5)13-7-14-28(25,6)26(33)30-17-15-29(16-18-30)22(3)31/h20,24-25H,2,7-19H2,1,3-6H3/t20-,24-,25+,27+,28-/m0/s1. The minimum atomic E-state index is -0.342. The fraction of sp³-hybridized carbons (Fsp3) is 0.821. The van der Waals surface area contributed by atoms with Gasteiger partial charge in [-0.2, -0.15) is 0 Å². The number of allylic oxidation sites excluding steroid dienone is 1. The third kappa shape index (κ3) is 5.52. The summed E-state index contributed by atoms with van der Waals surface area (Å²) in [5.74, 6) is 1.47. The van der Waals surface area contributed by atoms with E-state index in [4.69, 9.17) is 4.74 Å². The summed E-state index contributed by atoms with van der Waals surface area (Å²) in [5.41, 5.74) is 1.11. The van der Waals surface area contributed by atoms with E-state index in [9.17, 15) is 14.4 Å². The van der Waals surface area contributed by atoms with Crippen LogP contribution in [0, 0.1) is 28.6 Å². The highest BCUT2D eigenvalue weighted by atomic mass is 16.5. The number of ether oxygens (including phenoxy) is 1. The summed E-state index contributed by atoms with van der Waals surface area (Å²) in [7, 11) is 0. The molecule has 0 aromatic rings. The quantitative estimate of drug-likeness (QED) is 0.392. The summed E-state index contributed by atoms with van der Waals surface area (Å²) in [5, 5.41) is 0. The maximum absolute atomic E-state index is 13.9. The monoisotopic (exact) mass is 474 g/mol. The number of amides is 2. The van der Waals surface area contributed by atoms with Crippen molar-refractivity contribution in [3.63, 3.8) is 0 Å². The SMILES string of the molecule is C=C1CC[C@@H]2[C@](C)(CCC[C@]2(C)C(=O)N2CCN(C(C)=O)CC2)[C@H]1CC[C@H](C)CCOC(C)=O. The molecule has 2 amide bonds. The first kappa shape index (κ1) is 26.7. The van der Waals surface area contributed by atoms with Gasteiger partial charge in [0.1, 0.15) is 0 Å². The fourth-order valence-electron chi connectivity index (χ4n) is 7.32. The van der Waals surface area contributed by atoms with Gasteiger partial charge in [0.2, 0.25) is 11.8 Å². The van der Waals surface area contributed by atoms with E-state index in [-0.39, 0.29) is 22.7 Å². The molecule has 0 bridgehead atoms. The van der Waals surface area contributed by atoms with Crippen molar-refractivity contribution in [2.24, 2.45) is 28.6 Å². The molecule has 1 aliphatic heterocycles. The van der Waals surface area contributed by atoms with E-state index < -0.39 is 0 Å². The highest BCUT2D eigenvalue weighted by Gasteiger charge is 2.57. The maximum Gasteiger partial charge on any atom is 0.302 e. The van der Waals surface area contributed by atoms with Gasteiger partial charge in [0.05, 0.1) is 6.61 Å². The fourth-order valence-corrected chi connectivity index (χ4v) is 7.32. The van der Waals surface area contributed by atoms with Gasteiger partial charge in [-0.3, -0.25) is 14.4 Å². The molecule has 3 fully saturated rings. The number of nitrogens with zero attached hydrogens (tertiary/aromatic N) is 2. The summed E-state index contributed by atoms with van der Waals surface area (Å²) < 4.78 is 5.14. The lowest BCUT2D eigenvalue weighted by atomic mass is 9.46.